The second-order valence-electron chi connectivity index (χ2n) is 7.89. The van der Waals surface area contributed by atoms with Gasteiger partial charge in [-0.25, -0.2) is 9.48 Å². The van der Waals surface area contributed by atoms with Crippen LogP contribution in [-0.2, 0) is 27.4 Å². The number of amides is 1. The molecule has 0 saturated carbocycles. The maximum Gasteiger partial charge on any atom is 0.411 e. The second-order valence-corrected chi connectivity index (χ2v) is 7.89. The van der Waals surface area contributed by atoms with E-state index in [0.717, 1.165) is 16.7 Å². The molecule has 0 radical (unpaired) electrons. The van der Waals surface area contributed by atoms with Crippen molar-refractivity contribution in [2.75, 3.05) is 32.2 Å². The highest BCUT2D eigenvalue weighted by atomic mass is 16.5. The Bertz CT molecular complexity index is 1380. The molecule has 0 aliphatic rings. The van der Waals surface area contributed by atoms with Crippen molar-refractivity contribution in [2.45, 2.75) is 20.1 Å². The molecular weight excluding hydrogens is 478 g/mol. The first-order valence-corrected chi connectivity index (χ1v) is 11.7. The van der Waals surface area contributed by atoms with Crippen LogP contribution in [0.5, 0.6) is 0 Å². The Morgan fingerprint density at radius 2 is 1.86 bits per heavy atom. The summed E-state index contributed by atoms with van der Waals surface area (Å²) in [6.45, 7) is 3.39. The standard InChI is InChI=1S/C26H27N5O6/c1-3-36-26(33)27-21-6-4-5-18(15-21)16-31-24(32)12-11-22(29-31)19-7-9-20(10-8-19)25-28-23(37-30-25)17-35-14-13-34-2/h4-12,15H,3,13-14,16-17H2,1-2H3,(H,27,33). The van der Waals surface area contributed by atoms with Crippen molar-refractivity contribution < 1.29 is 23.5 Å². The van der Waals surface area contributed by atoms with Crippen molar-refractivity contribution in [3.05, 3.63) is 82.5 Å². The maximum atomic E-state index is 12.5. The van der Waals surface area contributed by atoms with Gasteiger partial charge in [-0.15, -0.1) is 0 Å². The zero-order chi connectivity index (χ0) is 26.0. The molecular formula is C26H27N5O6. The third-order valence-corrected chi connectivity index (χ3v) is 5.21. The molecule has 0 aliphatic heterocycles. The molecule has 2 aromatic carbocycles. The Morgan fingerprint density at radius 1 is 1.05 bits per heavy atom. The normalized spacial score (nSPS) is 10.9. The highest BCUT2D eigenvalue weighted by Gasteiger charge is 2.11. The molecule has 37 heavy (non-hydrogen) atoms. The SMILES string of the molecule is CCOC(=O)Nc1cccc(Cn2nc(-c3ccc(-c4noc(COCCOC)n4)cc3)ccc2=O)c1. The summed E-state index contributed by atoms with van der Waals surface area (Å²) >= 11 is 0. The molecule has 0 fully saturated rings. The number of ether oxygens (including phenoxy) is 3. The molecule has 0 bridgehead atoms. The largest absolute Gasteiger partial charge is 0.450 e. The van der Waals surface area contributed by atoms with E-state index < -0.39 is 6.09 Å². The molecule has 4 rings (SSSR count). The molecule has 0 unspecified atom stereocenters. The van der Waals surface area contributed by atoms with E-state index in [4.69, 9.17) is 18.7 Å². The number of carbonyl (C=O) groups is 1. The van der Waals surface area contributed by atoms with Gasteiger partial charge < -0.3 is 18.7 Å². The number of nitrogens with one attached hydrogen (secondary N) is 1. The van der Waals surface area contributed by atoms with Crippen LogP contribution in [-0.4, -0.2) is 52.9 Å². The van der Waals surface area contributed by atoms with Crippen molar-refractivity contribution in [1.82, 2.24) is 19.9 Å². The fraction of sp³-hybridized carbons (Fsp3) is 0.269. The number of benzene rings is 2. The first-order valence-electron chi connectivity index (χ1n) is 11.7. The lowest BCUT2D eigenvalue weighted by atomic mass is 10.1. The quantitative estimate of drug-likeness (QED) is 0.303. The molecule has 0 saturated heterocycles. The van der Waals surface area contributed by atoms with Crippen LogP contribution in [0, 0.1) is 0 Å². The summed E-state index contributed by atoms with van der Waals surface area (Å²) in [6, 6.07) is 17.8. The average Bonchev–Trinajstić information content (AvgIpc) is 3.37. The van der Waals surface area contributed by atoms with Gasteiger partial charge in [0.25, 0.3) is 11.4 Å². The number of aromatic nitrogens is 4. The number of hydrogen-bond acceptors (Lipinski definition) is 9. The summed E-state index contributed by atoms with van der Waals surface area (Å²) in [5.41, 5.74) is 3.36. The van der Waals surface area contributed by atoms with Crippen LogP contribution in [0.25, 0.3) is 22.6 Å². The minimum atomic E-state index is -0.534. The molecule has 2 aromatic heterocycles. The molecule has 0 aliphatic carbocycles. The maximum absolute atomic E-state index is 12.5. The lowest BCUT2D eigenvalue weighted by Crippen LogP contribution is -2.23. The van der Waals surface area contributed by atoms with Crippen molar-refractivity contribution in [2.24, 2.45) is 0 Å². The van der Waals surface area contributed by atoms with Gasteiger partial charge >= 0.3 is 6.09 Å². The van der Waals surface area contributed by atoms with Gasteiger partial charge in [0.05, 0.1) is 32.1 Å². The molecule has 1 N–H and O–H groups in total. The molecule has 0 atom stereocenters. The van der Waals surface area contributed by atoms with Crippen LogP contribution >= 0.6 is 0 Å². The fourth-order valence-electron chi connectivity index (χ4n) is 3.44. The van der Waals surface area contributed by atoms with Gasteiger partial charge in [0.1, 0.15) is 6.61 Å². The summed E-state index contributed by atoms with van der Waals surface area (Å²) in [7, 11) is 1.61. The predicted octanol–water partition coefficient (Wildman–Crippen LogP) is 3.74. The minimum Gasteiger partial charge on any atom is -0.450 e. The van der Waals surface area contributed by atoms with E-state index in [1.165, 1.54) is 10.7 Å². The Labute approximate surface area is 213 Å². The van der Waals surface area contributed by atoms with E-state index >= 15 is 0 Å². The Balaban J connectivity index is 1.45. The van der Waals surface area contributed by atoms with Crippen LogP contribution in [0.2, 0.25) is 0 Å². The van der Waals surface area contributed by atoms with Crippen LogP contribution in [0.4, 0.5) is 10.5 Å². The Morgan fingerprint density at radius 3 is 2.65 bits per heavy atom. The van der Waals surface area contributed by atoms with E-state index in [0.29, 0.717) is 36.3 Å². The number of hydrogen-bond donors (Lipinski definition) is 1. The molecule has 11 nitrogen and oxygen atoms in total. The third kappa shape index (κ3) is 7.09. The molecule has 0 spiro atoms. The van der Waals surface area contributed by atoms with E-state index in [9.17, 15) is 9.59 Å². The van der Waals surface area contributed by atoms with Crippen LogP contribution < -0.4 is 10.9 Å². The first-order chi connectivity index (χ1) is 18.1. The number of methoxy groups -OCH3 is 1. The van der Waals surface area contributed by atoms with Gasteiger partial charge in [-0.1, -0.05) is 41.6 Å². The minimum absolute atomic E-state index is 0.210. The lowest BCUT2D eigenvalue weighted by molar-refractivity contribution is 0.0494. The first kappa shape index (κ1) is 25.7. The summed E-state index contributed by atoms with van der Waals surface area (Å²) in [4.78, 5) is 28.5. The van der Waals surface area contributed by atoms with Crippen molar-refractivity contribution >= 4 is 11.8 Å². The van der Waals surface area contributed by atoms with Gasteiger partial charge in [0.2, 0.25) is 5.82 Å². The monoisotopic (exact) mass is 505 g/mol. The van der Waals surface area contributed by atoms with Crippen LogP contribution in [0.15, 0.2) is 70.0 Å². The van der Waals surface area contributed by atoms with Crippen molar-refractivity contribution in [3.8, 4) is 22.6 Å². The van der Waals surface area contributed by atoms with Gasteiger partial charge in [-0.3, -0.25) is 10.1 Å². The predicted molar refractivity (Wildman–Crippen MR) is 135 cm³/mol. The van der Waals surface area contributed by atoms with Gasteiger partial charge in [-0.2, -0.15) is 10.1 Å². The second kappa shape index (κ2) is 12.6. The molecule has 192 valence electrons. The highest BCUT2D eigenvalue weighted by molar-refractivity contribution is 5.84. The Hall–Kier alpha value is -4.35. The van der Waals surface area contributed by atoms with E-state index in [-0.39, 0.29) is 25.3 Å². The summed E-state index contributed by atoms with van der Waals surface area (Å²) < 4.78 is 21.9. The van der Waals surface area contributed by atoms with Gasteiger partial charge in [-0.05, 0) is 30.7 Å². The van der Waals surface area contributed by atoms with E-state index in [1.807, 2.05) is 30.3 Å². The topological polar surface area (TPSA) is 131 Å². The number of nitrogens with zero attached hydrogens (tertiary/aromatic N) is 4. The number of anilines is 1. The summed E-state index contributed by atoms with van der Waals surface area (Å²) in [5, 5.41) is 11.2. The van der Waals surface area contributed by atoms with Crippen molar-refractivity contribution in [1.29, 1.82) is 0 Å². The summed E-state index contributed by atoms with van der Waals surface area (Å²) in [6.07, 6.45) is -0.534. The lowest BCUT2D eigenvalue weighted by Gasteiger charge is -2.10. The zero-order valence-corrected chi connectivity index (χ0v) is 20.5. The van der Waals surface area contributed by atoms with Crippen molar-refractivity contribution in [3.63, 3.8) is 0 Å². The number of carbonyl (C=O) groups excluding carboxylic acids is 1. The Kier molecular flexibility index (Phi) is 8.74. The zero-order valence-electron chi connectivity index (χ0n) is 20.5. The molecule has 1 amide bonds. The van der Waals surface area contributed by atoms with Gasteiger partial charge in [0.15, 0.2) is 0 Å². The van der Waals surface area contributed by atoms with Crippen LogP contribution in [0.3, 0.4) is 0 Å². The average molecular weight is 506 g/mol. The van der Waals surface area contributed by atoms with E-state index in [2.05, 4.69) is 20.6 Å². The summed E-state index contributed by atoms with van der Waals surface area (Å²) in [5.74, 6) is 0.830. The molecule has 4 aromatic rings. The molecule has 2 heterocycles. The fourth-order valence-corrected chi connectivity index (χ4v) is 3.44. The smallest absolute Gasteiger partial charge is 0.411 e. The van der Waals surface area contributed by atoms with E-state index in [1.54, 1.807) is 38.3 Å². The van der Waals surface area contributed by atoms with Crippen LogP contribution in [0.1, 0.15) is 18.4 Å². The number of rotatable bonds is 11. The highest BCUT2D eigenvalue weighted by Crippen LogP contribution is 2.22. The third-order valence-electron chi connectivity index (χ3n) is 5.21. The van der Waals surface area contributed by atoms with Gasteiger partial charge in [0, 0.05) is 30.0 Å². The molecule has 11 heteroatoms.